The smallest absolute Gasteiger partial charge is 0.175 e. The van der Waals surface area contributed by atoms with Crippen LogP contribution in [-0.2, 0) is 6.54 Å². The Bertz CT molecular complexity index is 768. The fourth-order valence-corrected chi connectivity index (χ4v) is 2.07. The van der Waals surface area contributed by atoms with Gasteiger partial charge in [0.15, 0.2) is 5.82 Å². The van der Waals surface area contributed by atoms with E-state index in [1.54, 1.807) is 0 Å². The minimum absolute atomic E-state index is 0.626. The molecule has 6 heteroatoms. The molecule has 0 fully saturated rings. The van der Waals surface area contributed by atoms with Gasteiger partial charge < -0.3 is 15.2 Å². The van der Waals surface area contributed by atoms with E-state index >= 15 is 0 Å². The minimum Gasteiger partial charge on any atom is -0.366 e. The maximum atomic E-state index is 5.01. The third kappa shape index (κ3) is 3.41. The number of anilines is 3. The van der Waals surface area contributed by atoms with E-state index in [1.807, 2.05) is 31.2 Å². The quantitative estimate of drug-likeness (QED) is 0.751. The van der Waals surface area contributed by atoms with Crippen molar-refractivity contribution in [2.24, 2.45) is 0 Å². The maximum Gasteiger partial charge on any atom is 0.175 e. The number of rotatable bonds is 5. The molecule has 2 heterocycles. The molecule has 0 unspecified atom stereocenters. The first kappa shape index (κ1) is 14.1. The van der Waals surface area contributed by atoms with Crippen LogP contribution < -0.4 is 10.6 Å². The summed E-state index contributed by atoms with van der Waals surface area (Å²) in [5.74, 6) is 2.78. The number of hydrogen-bond donors (Lipinski definition) is 2. The fourth-order valence-electron chi connectivity index (χ4n) is 2.07. The maximum absolute atomic E-state index is 5.01. The van der Waals surface area contributed by atoms with Crippen LogP contribution in [0.3, 0.4) is 0 Å². The second kappa shape index (κ2) is 6.26. The highest BCUT2D eigenvalue weighted by Crippen LogP contribution is 2.17. The third-order valence-electron chi connectivity index (χ3n) is 3.27. The van der Waals surface area contributed by atoms with Gasteiger partial charge in [-0.05, 0) is 25.0 Å². The summed E-state index contributed by atoms with van der Waals surface area (Å²) >= 11 is 0. The highest BCUT2D eigenvalue weighted by atomic mass is 16.5. The first-order valence-electron chi connectivity index (χ1n) is 7.01. The van der Waals surface area contributed by atoms with Gasteiger partial charge in [0.05, 0.1) is 0 Å². The van der Waals surface area contributed by atoms with Crippen molar-refractivity contribution >= 4 is 17.5 Å². The molecule has 1 aromatic carbocycles. The lowest BCUT2D eigenvalue weighted by molar-refractivity contribution is 0.400. The molecule has 0 radical (unpaired) electrons. The highest BCUT2D eigenvalue weighted by molar-refractivity contribution is 5.55. The van der Waals surface area contributed by atoms with Gasteiger partial charge in [-0.25, -0.2) is 9.97 Å². The van der Waals surface area contributed by atoms with Gasteiger partial charge in [0.2, 0.25) is 0 Å². The summed E-state index contributed by atoms with van der Waals surface area (Å²) in [4.78, 5) is 8.40. The van der Waals surface area contributed by atoms with Gasteiger partial charge in [0, 0.05) is 18.7 Å². The second-order valence-corrected chi connectivity index (χ2v) is 5.02. The monoisotopic (exact) mass is 295 g/mol. The molecule has 2 aromatic heterocycles. The summed E-state index contributed by atoms with van der Waals surface area (Å²) in [6.07, 6.45) is 1.51. The van der Waals surface area contributed by atoms with E-state index in [1.165, 1.54) is 17.5 Å². The molecule has 0 saturated carbocycles. The summed E-state index contributed by atoms with van der Waals surface area (Å²) in [6, 6.07) is 11.9. The van der Waals surface area contributed by atoms with Gasteiger partial charge in [-0.2, -0.15) is 0 Å². The van der Waals surface area contributed by atoms with Gasteiger partial charge >= 0.3 is 0 Å². The lowest BCUT2D eigenvalue weighted by Gasteiger charge is -2.09. The predicted molar refractivity (Wildman–Crippen MR) is 85.1 cm³/mol. The molecular formula is C16H17N5O. The van der Waals surface area contributed by atoms with Gasteiger partial charge in [0.25, 0.3) is 0 Å². The number of hydrogen-bond acceptors (Lipinski definition) is 6. The topological polar surface area (TPSA) is 75.9 Å². The van der Waals surface area contributed by atoms with Crippen molar-refractivity contribution in [2.45, 2.75) is 20.4 Å². The molecule has 0 aliphatic carbocycles. The van der Waals surface area contributed by atoms with Crippen LogP contribution in [0.4, 0.5) is 17.5 Å². The standard InChI is InChI=1S/C16H17N5O/c1-11-5-3-4-6-13(11)9-17-14-8-15(19-10-18-14)20-16-7-12(2)22-21-16/h3-8,10H,9H2,1-2H3,(H2,17,18,19,20,21). The Kier molecular flexibility index (Phi) is 4.00. The summed E-state index contributed by atoms with van der Waals surface area (Å²) in [7, 11) is 0. The van der Waals surface area contributed by atoms with Crippen molar-refractivity contribution in [2.75, 3.05) is 10.6 Å². The number of aryl methyl sites for hydroxylation is 2. The van der Waals surface area contributed by atoms with Gasteiger partial charge in [-0.15, -0.1) is 0 Å². The van der Waals surface area contributed by atoms with E-state index in [4.69, 9.17) is 4.52 Å². The lowest BCUT2D eigenvalue weighted by Crippen LogP contribution is -2.04. The zero-order valence-electron chi connectivity index (χ0n) is 12.5. The number of nitrogens with one attached hydrogen (secondary N) is 2. The Morgan fingerprint density at radius 3 is 2.59 bits per heavy atom. The van der Waals surface area contributed by atoms with Crippen molar-refractivity contribution in [1.29, 1.82) is 0 Å². The van der Waals surface area contributed by atoms with Crippen LogP contribution in [0.1, 0.15) is 16.9 Å². The van der Waals surface area contributed by atoms with E-state index in [-0.39, 0.29) is 0 Å². The molecule has 0 bridgehead atoms. The summed E-state index contributed by atoms with van der Waals surface area (Å²) in [5, 5.41) is 10.3. The number of nitrogens with zero attached hydrogens (tertiary/aromatic N) is 3. The van der Waals surface area contributed by atoms with E-state index in [9.17, 15) is 0 Å². The van der Waals surface area contributed by atoms with Crippen LogP contribution in [0.15, 0.2) is 47.2 Å². The highest BCUT2D eigenvalue weighted by Gasteiger charge is 2.04. The normalized spacial score (nSPS) is 10.5. The second-order valence-electron chi connectivity index (χ2n) is 5.02. The van der Waals surface area contributed by atoms with Crippen LogP contribution in [0.5, 0.6) is 0 Å². The molecule has 2 N–H and O–H groups in total. The molecule has 0 aliphatic heterocycles. The zero-order chi connectivity index (χ0) is 15.4. The largest absolute Gasteiger partial charge is 0.366 e. The first-order valence-corrected chi connectivity index (χ1v) is 7.01. The zero-order valence-corrected chi connectivity index (χ0v) is 12.5. The van der Waals surface area contributed by atoms with Crippen LogP contribution in [0.25, 0.3) is 0 Å². The van der Waals surface area contributed by atoms with E-state index < -0.39 is 0 Å². The SMILES string of the molecule is Cc1cc(Nc2cc(NCc3ccccc3C)ncn2)no1. The minimum atomic E-state index is 0.626. The van der Waals surface area contributed by atoms with Crippen molar-refractivity contribution in [1.82, 2.24) is 15.1 Å². The number of aromatic nitrogens is 3. The summed E-state index contributed by atoms with van der Waals surface area (Å²) < 4.78 is 5.01. The Morgan fingerprint density at radius 2 is 1.82 bits per heavy atom. The summed E-state index contributed by atoms with van der Waals surface area (Å²) in [5.41, 5.74) is 2.49. The van der Waals surface area contributed by atoms with E-state index in [0.717, 1.165) is 11.6 Å². The molecule has 0 spiro atoms. The van der Waals surface area contributed by atoms with Gasteiger partial charge in [0.1, 0.15) is 23.7 Å². The molecule has 3 aromatic rings. The van der Waals surface area contributed by atoms with Crippen molar-refractivity contribution in [3.63, 3.8) is 0 Å². The molecule has 6 nitrogen and oxygen atoms in total. The molecule has 3 rings (SSSR count). The average molecular weight is 295 g/mol. The van der Waals surface area contributed by atoms with Crippen LogP contribution in [0.2, 0.25) is 0 Å². The molecule has 112 valence electrons. The molecule has 0 saturated heterocycles. The van der Waals surface area contributed by atoms with Crippen molar-refractivity contribution < 1.29 is 4.52 Å². The molecule has 0 aliphatic rings. The van der Waals surface area contributed by atoms with Crippen LogP contribution in [0, 0.1) is 13.8 Å². The third-order valence-corrected chi connectivity index (χ3v) is 3.27. The van der Waals surface area contributed by atoms with Crippen molar-refractivity contribution in [3.05, 3.63) is 59.6 Å². The Hall–Kier alpha value is -2.89. The molecule has 0 atom stereocenters. The lowest BCUT2D eigenvalue weighted by atomic mass is 10.1. The average Bonchev–Trinajstić information content (AvgIpc) is 2.92. The molecule has 22 heavy (non-hydrogen) atoms. The van der Waals surface area contributed by atoms with Crippen LogP contribution >= 0.6 is 0 Å². The Balaban J connectivity index is 1.67. The molecule has 0 amide bonds. The predicted octanol–water partition coefficient (Wildman–Crippen LogP) is 3.44. The first-order chi connectivity index (χ1) is 10.7. The Morgan fingerprint density at radius 1 is 1.00 bits per heavy atom. The number of benzene rings is 1. The van der Waals surface area contributed by atoms with E-state index in [0.29, 0.717) is 18.2 Å². The van der Waals surface area contributed by atoms with Crippen LogP contribution in [-0.4, -0.2) is 15.1 Å². The molecular weight excluding hydrogens is 278 g/mol. The summed E-state index contributed by atoms with van der Waals surface area (Å²) in [6.45, 7) is 4.65. The van der Waals surface area contributed by atoms with Gasteiger partial charge in [-0.3, -0.25) is 0 Å². The Labute approximate surface area is 128 Å². The van der Waals surface area contributed by atoms with Gasteiger partial charge in [-0.1, -0.05) is 29.4 Å². The van der Waals surface area contributed by atoms with E-state index in [2.05, 4.69) is 44.8 Å². The van der Waals surface area contributed by atoms with Crippen molar-refractivity contribution in [3.8, 4) is 0 Å². The fraction of sp³-hybridized carbons (Fsp3) is 0.188.